The second-order valence-corrected chi connectivity index (χ2v) is 7.55. The van der Waals surface area contributed by atoms with Gasteiger partial charge in [-0.3, -0.25) is 4.31 Å². The van der Waals surface area contributed by atoms with E-state index in [4.69, 9.17) is 5.73 Å². The van der Waals surface area contributed by atoms with Crippen molar-refractivity contribution in [3.05, 3.63) is 23.8 Å². The number of hydrogen-bond donors (Lipinski definition) is 1. The average Bonchev–Trinajstić information content (AvgIpc) is 3.19. The molecule has 2 N–H and O–H groups in total. The Morgan fingerprint density at radius 3 is 2.44 bits per heavy atom. The van der Waals surface area contributed by atoms with Crippen LogP contribution in [0.15, 0.2) is 18.2 Å². The number of sulfonamides is 1. The van der Waals surface area contributed by atoms with Crippen molar-refractivity contribution in [2.45, 2.75) is 36.9 Å². The Morgan fingerprint density at radius 1 is 1.22 bits per heavy atom. The van der Waals surface area contributed by atoms with E-state index < -0.39 is 10.0 Å². The van der Waals surface area contributed by atoms with Crippen LogP contribution >= 0.6 is 0 Å². The van der Waals surface area contributed by atoms with Crippen LogP contribution in [-0.4, -0.2) is 20.7 Å². The number of hydrogen-bond acceptors (Lipinski definition) is 3. The summed E-state index contributed by atoms with van der Waals surface area (Å²) in [4.78, 5) is 0. The van der Waals surface area contributed by atoms with Gasteiger partial charge in [0.1, 0.15) is 0 Å². The molecule has 0 aliphatic heterocycles. The Kier molecular flexibility index (Phi) is 2.55. The van der Waals surface area contributed by atoms with E-state index >= 15 is 0 Å². The van der Waals surface area contributed by atoms with Gasteiger partial charge >= 0.3 is 0 Å². The number of nitrogens with zero attached hydrogens (tertiary/aromatic N) is 1. The second kappa shape index (κ2) is 3.88. The van der Waals surface area contributed by atoms with E-state index in [1.165, 1.54) is 22.7 Å². The molecule has 2 aliphatic carbocycles. The summed E-state index contributed by atoms with van der Waals surface area (Å²) in [6.45, 7) is 0. The van der Waals surface area contributed by atoms with Crippen LogP contribution in [0.2, 0.25) is 0 Å². The SMILES string of the molecule is CN(c1cc(C2CC2)ccc1N)S(=O)(=O)C1CC1. The highest BCUT2D eigenvalue weighted by molar-refractivity contribution is 7.93. The summed E-state index contributed by atoms with van der Waals surface area (Å²) in [5, 5.41) is -0.202. The lowest BCUT2D eigenvalue weighted by atomic mass is 10.1. The minimum absolute atomic E-state index is 0.202. The normalized spacial score (nSPS) is 19.8. The van der Waals surface area contributed by atoms with Crippen molar-refractivity contribution in [2.75, 3.05) is 17.1 Å². The first-order valence-corrected chi connectivity index (χ1v) is 7.87. The zero-order valence-electron chi connectivity index (χ0n) is 10.5. The molecule has 0 spiro atoms. The third-order valence-corrected chi connectivity index (χ3v) is 6.04. The largest absolute Gasteiger partial charge is 0.397 e. The maximum atomic E-state index is 12.2. The molecule has 0 unspecified atom stereocenters. The van der Waals surface area contributed by atoms with Gasteiger partial charge in [0.05, 0.1) is 16.6 Å². The van der Waals surface area contributed by atoms with E-state index in [1.54, 1.807) is 7.05 Å². The summed E-state index contributed by atoms with van der Waals surface area (Å²) in [5.41, 5.74) is 8.29. The summed E-state index contributed by atoms with van der Waals surface area (Å²) in [7, 11) is -1.60. The summed E-state index contributed by atoms with van der Waals surface area (Å²) in [5.74, 6) is 0.598. The molecule has 0 aromatic heterocycles. The van der Waals surface area contributed by atoms with Gasteiger partial charge in [0, 0.05) is 7.05 Å². The smallest absolute Gasteiger partial charge is 0.237 e. The molecule has 0 amide bonds. The Hall–Kier alpha value is -1.23. The van der Waals surface area contributed by atoms with E-state index in [0.29, 0.717) is 17.3 Å². The van der Waals surface area contributed by atoms with Crippen LogP contribution in [0.1, 0.15) is 37.2 Å². The van der Waals surface area contributed by atoms with Crippen LogP contribution in [0, 0.1) is 0 Å². The lowest BCUT2D eigenvalue weighted by Gasteiger charge is -2.21. The average molecular weight is 266 g/mol. The zero-order chi connectivity index (χ0) is 12.9. The minimum atomic E-state index is -3.21. The van der Waals surface area contributed by atoms with Crippen molar-refractivity contribution in [2.24, 2.45) is 0 Å². The van der Waals surface area contributed by atoms with Crippen LogP contribution in [0.4, 0.5) is 11.4 Å². The van der Waals surface area contributed by atoms with Gasteiger partial charge in [0.2, 0.25) is 10.0 Å². The molecule has 1 aromatic carbocycles. The Balaban J connectivity index is 1.97. The van der Waals surface area contributed by atoms with Crippen molar-refractivity contribution in [1.82, 2.24) is 0 Å². The van der Waals surface area contributed by atoms with E-state index in [0.717, 1.165) is 12.8 Å². The molecule has 3 rings (SSSR count). The Morgan fingerprint density at radius 2 is 1.89 bits per heavy atom. The summed E-state index contributed by atoms with van der Waals surface area (Å²) in [6.07, 6.45) is 3.94. The molecule has 0 atom stereocenters. The Labute approximate surface area is 108 Å². The first-order valence-electron chi connectivity index (χ1n) is 6.37. The molecule has 2 aliphatic rings. The third-order valence-electron chi connectivity index (χ3n) is 3.77. The van der Waals surface area contributed by atoms with Crippen molar-refractivity contribution < 1.29 is 8.42 Å². The van der Waals surface area contributed by atoms with Crippen molar-refractivity contribution in [3.8, 4) is 0 Å². The summed E-state index contributed by atoms with van der Waals surface area (Å²) in [6, 6.07) is 5.77. The van der Waals surface area contributed by atoms with Crippen molar-refractivity contribution in [3.63, 3.8) is 0 Å². The highest BCUT2D eigenvalue weighted by atomic mass is 32.2. The van der Waals surface area contributed by atoms with Crippen molar-refractivity contribution >= 4 is 21.4 Å². The van der Waals surface area contributed by atoms with Crippen LogP contribution in [0.3, 0.4) is 0 Å². The molecule has 1 aromatic rings. The molecule has 5 heteroatoms. The quantitative estimate of drug-likeness (QED) is 0.849. The first-order chi connectivity index (χ1) is 8.50. The van der Waals surface area contributed by atoms with E-state index in [1.807, 2.05) is 18.2 Å². The predicted molar refractivity (Wildman–Crippen MR) is 73.2 cm³/mol. The molecule has 2 saturated carbocycles. The second-order valence-electron chi connectivity index (χ2n) is 5.30. The molecule has 2 fully saturated rings. The molecule has 4 nitrogen and oxygen atoms in total. The number of benzene rings is 1. The maximum Gasteiger partial charge on any atom is 0.237 e. The zero-order valence-corrected chi connectivity index (χ0v) is 11.3. The number of nitrogen functional groups attached to an aromatic ring is 1. The van der Waals surface area contributed by atoms with Gasteiger partial charge in [-0.1, -0.05) is 6.07 Å². The van der Waals surface area contributed by atoms with Gasteiger partial charge < -0.3 is 5.73 Å². The van der Waals surface area contributed by atoms with Gasteiger partial charge in [-0.05, 0) is 49.3 Å². The number of nitrogens with two attached hydrogens (primary N) is 1. The monoisotopic (exact) mass is 266 g/mol. The summed E-state index contributed by atoms with van der Waals surface area (Å²) >= 11 is 0. The van der Waals surface area contributed by atoms with Crippen LogP contribution in [0.25, 0.3) is 0 Å². The topological polar surface area (TPSA) is 63.4 Å². The molecule has 98 valence electrons. The number of anilines is 2. The molecular formula is C13H18N2O2S. The third kappa shape index (κ3) is 1.96. The van der Waals surface area contributed by atoms with Crippen LogP contribution < -0.4 is 10.0 Å². The van der Waals surface area contributed by atoms with Gasteiger partial charge in [0.25, 0.3) is 0 Å². The standard InChI is InChI=1S/C13H18N2O2S/c1-15(18(16,17)11-5-6-11)13-8-10(9-2-3-9)4-7-12(13)14/h4,7-9,11H,2-3,5-6,14H2,1H3. The fourth-order valence-corrected chi connectivity index (χ4v) is 3.84. The van der Waals surface area contributed by atoms with E-state index in [2.05, 4.69) is 0 Å². The van der Waals surface area contributed by atoms with Crippen molar-refractivity contribution in [1.29, 1.82) is 0 Å². The Bertz CT molecular complexity index is 575. The highest BCUT2D eigenvalue weighted by Crippen LogP contribution is 2.43. The fourth-order valence-electron chi connectivity index (χ4n) is 2.23. The molecule has 0 saturated heterocycles. The molecule has 0 bridgehead atoms. The van der Waals surface area contributed by atoms with Gasteiger partial charge in [-0.15, -0.1) is 0 Å². The summed E-state index contributed by atoms with van der Waals surface area (Å²) < 4.78 is 25.8. The van der Waals surface area contributed by atoms with Gasteiger partial charge in [0.15, 0.2) is 0 Å². The van der Waals surface area contributed by atoms with Crippen LogP contribution in [0.5, 0.6) is 0 Å². The maximum absolute atomic E-state index is 12.2. The predicted octanol–water partition coefficient (Wildman–Crippen LogP) is 2.07. The lowest BCUT2D eigenvalue weighted by Crippen LogP contribution is -2.30. The van der Waals surface area contributed by atoms with E-state index in [-0.39, 0.29) is 5.25 Å². The molecule has 0 radical (unpaired) electrons. The van der Waals surface area contributed by atoms with Crippen LogP contribution in [-0.2, 0) is 10.0 Å². The molecule has 18 heavy (non-hydrogen) atoms. The molecule has 0 heterocycles. The highest BCUT2D eigenvalue weighted by Gasteiger charge is 2.39. The number of rotatable bonds is 4. The van der Waals surface area contributed by atoms with Gasteiger partial charge in [-0.2, -0.15) is 0 Å². The van der Waals surface area contributed by atoms with E-state index in [9.17, 15) is 8.42 Å². The lowest BCUT2D eigenvalue weighted by molar-refractivity contribution is 0.593. The molecular weight excluding hydrogens is 248 g/mol. The van der Waals surface area contributed by atoms with Gasteiger partial charge in [-0.25, -0.2) is 8.42 Å². The minimum Gasteiger partial charge on any atom is -0.397 e. The first kappa shape index (κ1) is 11.8. The fraction of sp³-hybridized carbons (Fsp3) is 0.538.